The highest BCUT2D eigenvalue weighted by atomic mass is 32.1. The van der Waals surface area contributed by atoms with E-state index in [0.717, 1.165) is 11.8 Å². The predicted octanol–water partition coefficient (Wildman–Crippen LogP) is 3.13. The number of carbonyl (C=O) groups is 1. The zero-order valence-corrected chi connectivity index (χ0v) is 11.9. The van der Waals surface area contributed by atoms with Crippen LogP contribution in [0.15, 0.2) is 18.2 Å². The summed E-state index contributed by atoms with van der Waals surface area (Å²) in [6.45, 7) is 2.41. The highest BCUT2D eigenvalue weighted by molar-refractivity contribution is 7.16. The minimum atomic E-state index is -0.303. The lowest BCUT2D eigenvalue weighted by Crippen LogP contribution is -2.12. The molecule has 1 heterocycles. The van der Waals surface area contributed by atoms with Gasteiger partial charge >= 0.3 is 0 Å². The van der Waals surface area contributed by atoms with Crippen LogP contribution in [0.2, 0.25) is 0 Å². The molecule has 0 radical (unpaired) electrons. The first kappa shape index (κ1) is 13.8. The third-order valence-electron chi connectivity index (χ3n) is 2.74. The first-order chi connectivity index (χ1) is 9.02. The number of aryl methyl sites for hydroxylation is 1. The van der Waals surface area contributed by atoms with Crippen molar-refractivity contribution in [3.63, 3.8) is 0 Å². The van der Waals surface area contributed by atoms with Crippen LogP contribution in [0.25, 0.3) is 10.6 Å². The number of benzene rings is 1. The average Bonchev–Trinajstić information content (AvgIpc) is 2.71. The average molecular weight is 278 g/mol. The molecule has 0 fully saturated rings. The largest absolute Gasteiger partial charge is 0.304 e. The zero-order chi connectivity index (χ0) is 14.0. The summed E-state index contributed by atoms with van der Waals surface area (Å²) >= 11 is 1.24. The van der Waals surface area contributed by atoms with Gasteiger partial charge in [-0.25, -0.2) is 9.37 Å². The predicted molar refractivity (Wildman–Crippen MR) is 75.0 cm³/mol. The number of nitrogens with zero attached hydrogens (tertiary/aromatic N) is 2. The Hall–Kier alpha value is -1.59. The summed E-state index contributed by atoms with van der Waals surface area (Å²) in [5.41, 5.74) is 2.01. The van der Waals surface area contributed by atoms with Crippen molar-refractivity contribution < 1.29 is 9.18 Å². The first-order valence-electron chi connectivity index (χ1n) is 5.88. The molecule has 3 nitrogen and oxygen atoms in total. The molecule has 0 aliphatic heterocycles. The summed E-state index contributed by atoms with van der Waals surface area (Å²) in [6, 6.07) is 4.92. The van der Waals surface area contributed by atoms with Crippen LogP contribution < -0.4 is 0 Å². The molecule has 0 saturated carbocycles. The fourth-order valence-electron chi connectivity index (χ4n) is 1.88. The van der Waals surface area contributed by atoms with Crippen molar-refractivity contribution in [2.24, 2.45) is 0 Å². The molecule has 1 aromatic carbocycles. The molecule has 0 unspecified atom stereocenters. The van der Waals surface area contributed by atoms with Gasteiger partial charge in [0, 0.05) is 12.1 Å². The fourth-order valence-corrected chi connectivity index (χ4v) is 2.88. The van der Waals surface area contributed by atoms with Crippen molar-refractivity contribution in [3.8, 4) is 10.6 Å². The Labute approximate surface area is 115 Å². The Morgan fingerprint density at radius 2 is 2.16 bits per heavy atom. The lowest BCUT2D eigenvalue weighted by molar-refractivity contribution is 0.112. The van der Waals surface area contributed by atoms with Crippen molar-refractivity contribution in [1.82, 2.24) is 9.88 Å². The van der Waals surface area contributed by atoms with Crippen molar-refractivity contribution in [1.29, 1.82) is 0 Å². The van der Waals surface area contributed by atoms with Crippen molar-refractivity contribution in [2.75, 3.05) is 14.1 Å². The normalized spacial score (nSPS) is 11.0. The second kappa shape index (κ2) is 5.59. The van der Waals surface area contributed by atoms with E-state index in [0.29, 0.717) is 27.7 Å². The maximum Gasteiger partial charge on any atom is 0.161 e. The lowest BCUT2D eigenvalue weighted by atomic mass is 10.1. The topological polar surface area (TPSA) is 33.2 Å². The molecule has 1 aromatic heterocycles. The maximum absolute atomic E-state index is 13.9. The maximum atomic E-state index is 13.9. The van der Waals surface area contributed by atoms with Crippen LogP contribution in [-0.4, -0.2) is 30.3 Å². The summed E-state index contributed by atoms with van der Waals surface area (Å²) < 4.78 is 13.9. The van der Waals surface area contributed by atoms with Gasteiger partial charge in [-0.2, -0.15) is 0 Å². The van der Waals surface area contributed by atoms with Crippen molar-refractivity contribution in [3.05, 3.63) is 40.2 Å². The Bertz CT molecular complexity index is 587. The minimum absolute atomic E-state index is 0.303. The quantitative estimate of drug-likeness (QED) is 0.806. The minimum Gasteiger partial charge on any atom is -0.304 e. The van der Waals surface area contributed by atoms with E-state index in [9.17, 15) is 9.18 Å². The van der Waals surface area contributed by atoms with E-state index in [2.05, 4.69) is 4.98 Å². The van der Waals surface area contributed by atoms with Gasteiger partial charge in [0.25, 0.3) is 0 Å². The molecule has 0 saturated heterocycles. The van der Waals surface area contributed by atoms with Crippen LogP contribution in [-0.2, 0) is 6.54 Å². The van der Waals surface area contributed by atoms with Crippen molar-refractivity contribution in [2.45, 2.75) is 13.5 Å². The smallest absolute Gasteiger partial charge is 0.161 e. The van der Waals surface area contributed by atoms with E-state index in [-0.39, 0.29) is 5.82 Å². The Kier molecular flexibility index (Phi) is 4.07. The van der Waals surface area contributed by atoms with E-state index < -0.39 is 0 Å². The summed E-state index contributed by atoms with van der Waals surface area (Å²) in [7, 11) is 3.81. The zero-order valence-electron chi connectivity index (χ0n) is 11.1. The molecule has 0 amide bonds. The van der Waals surface area contributed by atoms with Gasteiger partial charge in [-0.15, -0.1) is 11.3 Å². The van der Waals surface area contributed by atoms with Gasteiger partial charge in [0.05, 0.1) is 10.6 Å². The SMILES string of the molecule is Cc1cccc(F)c1-c1nc(CN(C)C)c(C=O)s1. The molecule has 0 bridgehead atoms. The van der Waals surface area contributed by atoms with Gasteiger partial charge in [-0.1, -0.05) is 12.1 Å². The van der Waals surface area contributed by atoms with E-state index >= 15 is 0 Å². The molecule has 0 N–H and O–H groups in total. The Morgan fingerprint density at radius 1 is 1.42 bits per heavy atom. The van der Waals surface area contributed by atoms with Crippen LogP contribution >= 0.6 is 11.3 Å². The van der Waals surface area contributed by atoms with Gasteiger partial charge in [-0.05, 0) is 32.6 Å². The number of halogens is 1. The van der Waals surface area contributed by atoms with E-state index in [1.54, 1.807) is 6.07 Å². The van der Waals surface area contributed by atoms with Gasteiger partial charge < -0.3 is 4.90 Å². The lowest BCUT2D eigenvalue weighted by Gasteiger charge is -2.07. The van der Waals surface area contributed by atoms with Gasteiger partial charge in [0.1, 0.15) is 10.8 Å². The first-order valence-corrected chi connectivity index (χ1v) is 6.69. The van der Waals surface area contributed by atoms with Crippen LogP contribution in [0.5, 0.6) is 0 Å². The molecule has 2 aromatic rings. The second-order valence-electron chi connectivity index (χ2n) is 4.62. The molecule has 0 aliphatic rings. The van der Waals surface area contributed by atoms with E-state index in [4.69, 9.17) is 0 Å². The molecular weight excluding hydrogens is 263 g/mol. The molecule has 0 spiro atoms. The Balaban J connectivity index is 2.52. The number of hydrogen-bond acceptors (Lipinski definition) is 4. The fraction of sp³-hybridized carbons (Fsp3) is 0.286. The summed E-state index contributed by atoms with van der Waals surface area (Å²) in [5, 5.41) is 0.564. The molecule has 0 aliphatic carbocycles. The number of aldehydes is 1. The number of aromatic nitrogens is 1. The molecule has 19 heavy (non-hydrogen) atoms. The third-order valence-corrected chi connectivity index (χ3v) is 3.78. The summed E-state index contributed by atoms with van der Waals surface area (Å²) in [4.78, 5) is 18.0. The van der Waals surface area contributed by atoms with Crippen molar-refractivity contribution >= 4 is 17.6 Å². The van der Waals surface area contributed by atoms with E-state index in [1.165, 1.54) is 17.4 Å². The Morgan fingerprint density at radius 3 is 2.74 bits per heavy atom. The molecule has 100 valence electrons. The molecule has 2 rings (SSSR count). The van der Waals surface area contributed by atoms with Crippen LogP contribution in [0.1, 0.15) is 20.9 Å². The number of thiazole rings is 1. The second-order valence-corrected chi connectivity index (χ2v) is 5.65. The third kappa shape index (κ3) is 2.88. The van der Waals surface area contributed by atoms with Crippen LogP contribution in [0.3, 0.4) is 0 Å². The van der Waals surface area contributed by atoms with Gasteiger partial charge in [0.15, 0.2) is 6.29 Å². The highest BCUT2D eigenvalue weighted by Gasteiger charge is 2.16. The molecular formula is C14H15FN2OS. The molecule has 5 heteroatoms. The van der Waals surface area contributed by atoms with Gasteiger partial charge in [0.2, 0.25) is 0 Å². The number of carbonyl (C=O) groups excluding carboxylic acids is 1. The monoisotopic (exact) mass is 278 g/mol. The number of rotatable bonds is 4. The van der Waals surface area contributed by atoms with Crippen LogP contribution in [0, 0.1) is 12.7 Å². The summed E-state index contributed by atoms with van der Waals surface area (Å²) in [6.07, 6.45) is 0.788. The molecule has 0 atom stereocenters. The van der Waals surface area contributed by atoms with Crippen LogP contribution in [0.4, 0.5) is 4.39 Å². The van der Waals surface area contributed by atoms with Gasteiger partial charge in [-0.3, -0.25) is 4.79 Å². The number of hydrogen-bond donors (Lipinski definition) is 0. The standard InChI is InChI=1S/C14H15FN2OS/c1-9-5-4-6-10(15)13(9)14-16-11(7-17(2)3)12(8-18)19-14/h4-6,8H,7H2,1-3H3. The van der Waals surface area contributed by atoms with E-state index in [1.807, 2.05) is 32.0 Å². The summed E-state index contributed by atoms with van der Waals surface area (Å²) in [5.74, 6) is -0.303. The highest BCUT2D eigenvalue weighted by Crippen LogP contribution is 2.31.